The highest BCUT2D eigenvalue weighted by Gasteiger charge is 2.38. The number of hydrogen-bond acceptors (Lipinski definition) is 3. The molecule has 2 aliphatic heterocycles. The number of nitrogens with one attached hydrogen (secondary N) is 1. The Bertz CT molecular complexity index is 651. The van der Waals surface area contributed by atoms with Gasteiger partial charge in [-0.05, 0) is 50.5 Å². The first-order chi connectivity index (χ1) is 10.5. The van der Waals surface area contributed by atoms with Crippen molar-refractivity contribution in [3.8, 4) is 5.75 Å². The van der Waals surface area contributed by atoms with E-state index in [1.807, 2.05) is 26.0 Å². The van der Waals surface area contributed by atoms with Crippen LogP contribution in [-0.2, 0) is 11.3 Å². The van der Waals surface area contributed by atoms with Gasteiger partial charge in [0, 0.05) is 17.8 Å². The minimum absolute atomic E-state index is 0.0845. The van der Waals surface area contributed by atoms with E-state index < -0.39 is 6.04 Å². The Kier molecular flexibility index (Phi) is 3.64. The molecule has 1 N–H and O–H groups in total. The van der Waals surface area contributed by atoms with Crippen molar-refractivity contribution >= 4 is 11.8 Å². The quantitative estimate of drug-likeness (QED) is 0.931. The van der Waals surface area contributed by atoms with Crippen LogP contribution in [0, 0.1) is 0 Å². The molecule has 1 fully saturated rings. The molecule has 1 unspecified atom stereocenters. The van der Waals surface area contributed by atoms with Gasteiger partial charge in [0.15, 0.2) is 0 Å². The number of nitrogens with zero attached hydrogens (tertiary/aromatic N) is 1. The monoisotopic (exact) mass is 300 g/mol. The zero-order chi connectivity index (χ0) is 15.9. The third-order valence-corrected chi connectivity index (χ3v) is 3.98. The number of hydrogen-bond donors (Lipinski definition) is 1. The van der Waals surface area contributed by atoms with Crippen molar-refractivity contribution in [1.82, 2.24) is 10.2 Å². The van der Waals surface area contributed by atoms with Crippen molar-refractivity contribution in [3.63, 3.8) is 0 Å². The van der Waals surface area contributed by atoms with E-state index >= 15 is 0 Å². The molecule has 22 heavy (non-hydrogen) atoms. The van der Waals surface area contributed by atoms with E-state index in [-0.39, 0.29) is 17.9 Å². The average Bonchev–Trinajstić information content (AvgIpc) is 2.75. The maximum absolute atomic E-state index is 12.5. The number of ether oxygens (including phenoxy) is 1. The van der Waals surface area contributed by atoms with Crippen molar-refractivity contribution in [3.05, 3.63) is 41.6 Å². The molecule has 0 saturated carbocycles. The maximum Gasteiger partial charge on any atom is 0.255 e. The molecule has 1 aromatic rings. The van der Waals surface area contributed by atoms with Crippen LogP contribution >= 0.6 is 0 Å². The summed E-state index contributed by atoms with van der Waals surface area (Å²) in [6.45, 7) is 8.15. The zero-order valence-electron chi connectivity index (χ0n) is 12.9. The molecule has 0 aliphatic carbocycles. The summed E-state index contributed by atoms with van der Waals surface area (Å²) in [5.41, 5.74) is 2.30. The molecular formula is C17H20N2O3. The molecule has 0 radical (unpaired) electrons. The van der Waals surface area contributed by atoms with Crippen molar-refractivity contribution in [2.45, 2.75) is 45.4 Å². The first-order valence-corrected chi connectivity index (χ1v) is 7.55. The van der Waals surface area contributed by atoms with Crippen LogP contribution in [0.5, 0.6) is 5.75 Å². The molecule has 5 heteroatoms. The highest BCUT2D eigenvalue weighted by molar-refractivity contribution is 6.01. The Morgan fingerprint density at radius 3 is 2.82 bits per heavy atom. The van der Waals surface area contributed by atoms with E-state index in [9.17, 15) is 9.59 Å². The number of benzene rings is 1. The number of piperidine rings is 1. The van der Waals surface area contributed by atoms with Gasteiger partial charge in [0.1, 0.15) is 11.8 Å². The summed E-state index contributed by atoms with van der Waals surface area (Å²) in [5.74, 6) is 0.527. The van der Waals surface area contributed by atoms with Crippen LogP contribution in [0.15, 0.2) is 30.5 Å². The summed E-state index contributed by atoms with van der Waals surface area (Å²) >= 11 is 0. The third kappa shape index (κ3) is 2.58. The standard InChI is InChI=1S/C17H20N2O3/c1-10(2)22-13-5-6-14-12(8-13)9-19(17(14)21)15-7-4-11(3)18-16(15)20/h5-6,8,10,15H,3-4,7,9H2,1-2H3,(H,18,20). The molecule has 2 amide bonds. The first-order valence-electron chi connectivity index (χ1n) is 7.55. The molecular weight excluding hydrogens is 280 g/mol. The number of allylic oxidation sites excluding steroid dienone is 1. The van der Waals surface area contributed by atoms with Crippen molar-refractivity contribution in [1.29, 1.82) is 0 Å². The number of amides is 2. The second-order valence-electron chi connectivity index (χ2n) is 6.07. The highest BCUT2D eigenvalue weighted by Crippen LogP contribution is 2.30. The van der Waals surface area contributed by atoms with Crippen LogP contribution in [0.1, 0.15) is 42.6 Å². The normalized spacial score (nSPS) is 21.1. The third-order valence-electron chi connectivity index (χ3n) is 3.98. The van der Waals surface area contributed by atoms with Crippen LogP contribution in [-0.4, -0.2) is 28.9 Å². The summed E-state index contributed by atoms with van der Waals surface area (Å²) in [4.78, 5) is 26.3. The summed E-state index contributed by atoms with van der Waals surface area (Å²) < 4.78 is 5.67. The van der Waals surface area contributed by atoms with Gasteiger partial charge in [0.25, 0.3) is 5.91 Å². The predicted octanol–water partition coefficient (Wildman–Crippen LogP) is 2.22. The van der Waals surface area contributed by atoms with Crippen LogP contribution < -0.4 is 10.1 Å². The first kappa shape index (κ1) is 14.6. The fraction of sp³-hybridized carbons (Fsp3) is 0.412. The van der Waals surface area contributed by atoms with Crippen LogP contribution in [0.3, 0.4) is 0 Å². The summed E-state index contributed by atoms with van der Waals surface area (Å²) in [5, 5.41) is 2.74. The molecule has 2 heterocycles. The van der Waals surface area contributed by atoms with Gasteiger partial charge in [-0.2, -0.15) is 0 Å². The van der Waals surface area contributed by atoms with Crippen LogP contribution in [0.25, 0.3) is 0 Å². The lowest BCUT2D eigenvalue weighted by molar-refractivity contribution is -0.126. The minimum Gasteiger partial charge on any atom is -0.491 e. The Morgan fingerprint density at radius 1 is 1.36 bits per heavy atom. The van der Waals surface area contributed by atoms with Gasteiger partial charge in [-0.3, -0.25) is 9.59 Å². The number of rotatable bonds is 3. The molecule has 1 saturated heterocycles. The Balaban J connectivity index is 1.81. The molecule has 0 bridgehead atoms. The van der Waals surface area contributed by atoms with Crippen LogP contribution in [0.4, 0.5) is 0 Å². The molecule has 0 spiro atoms. The molecule has 5 nitrogen and oxygen atoms in total. The fourth-order valence-corrected chi connectivity index (χ4v) is 2.98. The minimum atomic E-state index is -0.417. The van der Waals surface area contributed by atoms with Gasteiger partial charge in [-0.1, -0.05) is 6.58 Å². The largest absolute Gasteiger partial charge is 0.491 e. The molecule has 3 rings (SSSR count). The Hall–Kier alpha value is -2.30. The average molecular weight is 300 g/mol. The van der Waals surface area contributed by atoms with Crippen LogP contribution in [0.2, 0.25) is 0 Å². The van der Waals surface area contributed by atoms with Crippen molar-refractivity contribution in [2.75, 3.05) is 0 Å². The summed E-state index contributed by atoms with van der Waals surface area (Å²) in [6, 6.07) is 5.07. The summed E-state index contributed by atoms with van der Waals surface area (Å²) in [7, 11) is 0. The second kappa shape index (κ2) is 5.48. The predicted molar refractivity (Wildman–Crippen MR) is 82.4 cm³/mol. The van der Waals surface area contributed by atoms with E-state index in [2.05, 4.69) is 11.9 Å². The molecule has 0 aromatic heterocycles. The lowest BCUT2D eigenvalue weighted by Crippen LogP contribution is -2.49. The van der Waals surface area contributed by atoms with Gasteiger partial charge in [-0.25, -0.2) is 0 Å². The Labute approximate surface area is 129 Å². The lowest BCUT2D eigenvalue weighted by Gasteiger charge is -2.30. The van der Waals surface area contributed by atoms with Crippen molar-refractivity contribution < 1.29 is 14.3 Å². The van der Waals surface area contributed by atoms with E-state index in [4.69, 9.17) is 4.74 Å². The Morgan fingerprint density at radius 2 is 2.14 bits per heavy atom. The maximum atomic E-state index is 12.5. The van der Waals surface area contributed by atoms with E-state index in [0.717, 1.165) is 17.0 Å². The van der Waals surface area contributed by atoms with E-state index in [0.29, 0.717) is 24.9 Å². The smallest absolute Gasteiger partial charge is 0.255 e. The number of carbonyl (C=O) groups excluding carboxylic acids is 2. The van der Waals surface area contributed by atoms with Crippen molar-refractivity contribution in [2.24, 2.45) is 0 Å². The number of fused-ring (bicyclic) bond motifs is 1. The zero-order valence-corrected chi connectivity index (χ0v) is 12.9. The highest BCUT2D eigenvalue weighted by atomic mass is 16.5. The topological polar surface area (TPSA) is 58.6 Å². The van der Waals surface area contributed by atoms with Gasteiger partial charge in [-0.15, -0.1) is 0 Å². The molecule has 2 aliphatic rings. The van der Waals surface area contributed by atoms with Gasteiger partial charge in [0.05, 0.1) is 6.10 Å². The van der Waals surface area contributed by atoms with Gasteiger partial charge < -0.3 is 15.0 Å². The van der Waals surface area contributed by atoms with E-state index in [1.54, 1.807) is 11.0 Å². The SMILES string of the molecule is C=C1CCC(N2Cc3cc(OC(C)C)ccc3C2=O)C(=O)N1. The summed E-state index contributed by atoms with van der Waals surface area (Å²) in [6.07, 6.45) is 1.42. The van der Waals surface area contributed by atoms with E-state index in [1.165, 1.54) is 0 Å². The van der Waals surface area contributed by atoms with Gasteiger partial charge >= 0.3 is 0 Å². The molecule has 1 atom stereocenters. The van der Waals surface area contributed by atoms with Gasteiger partial charge in [0.2, 0.25) is 5.91 Å². The molecule has 116 valence electrons. The second-order valence-corrected chi connectivity index (χ2v) is 6.07. The fourth-order valence-electron chi connectivity index (χ4n) is 2.98. The number of carbonyl (C=O) groups is 2. The molecule has 1 aromatic carbocycles. The lowest BCUT2D eigenvalue weighted by atomic mass is 10.0.